The minimum absolute atomic E-state index is 0.0178. The number of hydrogen-bond donors (Lipinski definition) is 3. The number of allylic oxidation sites excluding steroid dienone is 1. The smallest absolute Gasteiger partial charge is 0.271 e. The molecule has 1 aromatic heterocycles. The Balaban J connectivity index is 0.811. The topological polar surface area (TPSA) is 162 Å². The van der Waals surface area contributed by atoms with Crippen molar-refractivity contribution in [1.29, 1.82) is 5.26 Å². The Morgan fingerprint density at radius 3 is 2.34 bits per heavy atom. The van der Waals surface area contributed by atoms with Crippen LogP contribution in [-0.4, -0.2) is 88.6 Å². The molecule has 3 amide bonds. The maximum Gasteiger partial charge on any atom is 0.271 e. The molecule has 2 aliphatic carbocycles. The highest BCUT2D eigenvalue weighted by Crippen LogP contribution is 2.34. The first-order valence-electron chi connectivity index (χ1n) is 20.7. The van der Waals surface area contributed by atoms with Gasteiger partial charge in [-0.1, -0.05) is 18.2 Å². The summed E-state index contributed by atoms with van der Waals surface area (Å²) < 4.78 is 27.2. The highest BCUT2D eigenvalue weighted by Gasteiger charge is 2.38. The molecule has 312 valence electrons. The molecule has 3 heterocycles. The SMILES string of the molecule is C=C1CCC(NC(=O)c2ccc(OC3CC(N(CC4CCN(c5cnc(C(=O)NC6CCC(Oc7ccc(C#N)c(Cl)c7)CC6)cn5)CC4)C(C)C)C3)cc2F)C(=O)N1. The van der Waals surface area contributed by atoms with Crippen LogP contribution in [0.25, 0.3) is 0 Å². The molecule has 2 saturated carbocycles. The summed E-state index contributed by atoms with van der Waals surface area (Å²) in [6.45, 7) is 10.9. The largest absolute Gasteiger partial charge is 0.490 e. The van der Waals surface area contributed by atoms with E-state index in [9.17, 15) is 14.4 Å². The molecule has 3 N–H and O–H groups in total. The van der Waals surface area contributed by atoms with Crippen LogP contribution in [0.3, 0.4) is 0 Å². The van der Waals surface area contributed by atoms with Crippen molar-refractivity contribution in [3.05, 3.63) is 88.7 Å². The van der Waals surface area contributed by atoms with Crippen LogP contribution in [0, 0.1) is 23.1 Å². The molecule has 13 nitrogen and oxygen atoms in total. The average molecular weight is 827 g/mol. The number of carbonyl (C=O) groups is 3. The van der Waals surface area contributed by atoms with E-state index in [2.05, 4.69) is 62.2 Å². The number of nitrogens with zero attached hydrogens (tertiary/aromatic N) is 5. The molecule has 15 heteroatoms. The predicted octanol–water partition coefficient (Wildman–Crippen LogP) is 6.32. The third-order valence-corrected chi connectivity index (χ3v) is 12.3. The number of nitriles is 1. The van der Waals surface area contributed by atoms with Crippen LogP contribution >= 0.6 is 11.6 Å². The molecule has 2 aliphatic heterocycles. The fourth-order valence-electron chi connectivity index (χ4n) is 8.46. The number of anilines is 1. The maximum absolute atomic E-state index is 15.0. The van der Waals surface area contributed by atoms with Crippen LogP contribution in [0.1, 0.15) is 104 Å². The summed E-state index contributed by atoms with van der Waals surface area (Å²) in [6.07, 6.45) is 11.1. The molecule has 0 radical (unpaired) electrons. The van der Waals surface area contributed by atoms with Crippen LogP contribution < -0.4 is 30.3 Å². The van der Waals surface area contributed by atoms with E-state index in [4.69, 9.17) is 26.3 Å². The lowest BCUT2D eigenvalue weighted by atomic mass is 9.85. The van der Waals surface area contributed by atoms with E-state index in [-0.39, 0.29) is 35.6 Å². The van der Waals surface area contributed by atoms with Crippen molar-refractivity contribution in [1.82, 2.24) is 30.8 Å². The second kappa shape index (κ2) is 18.8. The Morgan fingerprint density at radius 1 is 0.983 bits per heavy atom. The van der Waals surface area contributed by atoms with Gasteiger partial charge in [-0.25, -0.2) is 14.4 Å². The number of hydrogen-bond acceptors (Lipinski definition) is 10. The zero-order chi connectivity index (χ0) is 41.6. The van der Waals surface area contributed by atoms with E-state index in [1.807, 2.05) is 0 Å². The molecular formula is C44H52ClFN8O5. The van der Waals surface area contributed by atoms with Gasteiger partial charge in [0.15, 0.2) is 0 Å². The summed E-state index contributed by atoms with van der Waals surface area (Å²) in [7, 11) is 0. The Labute approximate surface area is 349 Å². The molecule has 59 heavy (non-hydrogen) atoms. The number of ether oxygens (including phenoxy) is 2. The molecule has 1 unspecified atom stereocenters. The Morgan fingerprint density at radius 2 is 1.69 bits per heavy atom. The van der Waals surface area contributed by atoms with E-state index in [1.165, 1.54) is 12.1 Å². The first-order chi connectivity index (χ1) is 28.4. The fraction of sp³-hybridized carbons (Fsp3) is 0.500. The van der Waals surface area contributed by atoms with Crippen LogP contribution in [0.15, 0.2) is 61.1 Å². The van der Waals surface area contributed by atoms with E-state index >= 15 is 4.39 Å². The molecule has 7 rings (SSSR count). The summed E-state index contributed by atoms with van der Waals surface area (Å²) in [5, 5.41) is 17.8. The van der Waals surface area contributed by atoms with Gasteiger partial charge in [-0.3, -0.25) is 19.3 Å². The molecule has 3 aromatic rings. The summed E-state index contributed by atoms with van der Waals surface area (Å²) in [5.74, 6) is 0.420. The van der Waals surface area contributed by atoms with Gasteiger partial charge in [0.1, 0.15) is 47.0 Å². The van der Waals surface area contributed by atoms with Crippen molar-refractivity contribution in [3.8, 4) is 17.6 Å². The number of benzene rings is 2. The summed E-state index contributed by atoms with van der Waals surface area (Å²) >= 11 is 6.15. The zero-order valence-electron chi connectivity index (χ0n) is 33.6. The number of halogens is 2. The first kappa shape index (κ1) is 41.9. The molecule has 0 bridgehead atoms. The van der Waals surface area contributed by atoms with Crippen LogP contribution in [0.5, 0.6) is 11.5 Å². The number of piperidine rings is 2. The van der Waals surface area contributed by atoms with Crippen molar-refractivity contribution in [2.24, 2.45) is 5.92 Å². The maximum atomic E-state index is 15.0. The molecule has 2 saturated heterocycles. The molecule has 4 aliphatic rings. The third kappa shape index (κ3) is 10.5. The average Bonchev–Trinajstić information content (AvgIpc) is 3.20. The van der Waals surface area contributed by atoms with E-state index in [0.717, 1.165) is 76.8 Å². The Bertz CT molecular complexity index is 2060. The minimum atomic E-state index is -0.727. The monoisotopic (exact) mass is 826 g/mol. The van der Waals surface area contributed by atoms with Crippen molar-refractivity contribution >= 4 is 35.1 Å². The lowest BCUT2D eigenvalue weighted by Crippen LogP contribution is -2.53. The quantitative estimate of drug-likeness (QED) is 0.178. The van der Waals surface area contributed by atoms with Gasteiger partial charge in [0.2, 0.25) is 5.91 Å². The van der Waals surface area contributed by atoms with Crippen molar-refractivity contribution in [3.63, 3.8) is 0 Å². The van der Waals surface area contributed by atoms with Gasteiger partial charge in [-0.15, -0.1) is 0 Å². The van der Waals surface area contributed by atoms with Gasteiger partial charge in [-0.05, 0) is 95.4 Å². The van der Waals surface area contributed by atoms with Gasteiger partial charge in [0.05, 0.1) is 34.6 Å². The minimum Gasteiger partial charge on any atom is -0.490 e. The van der Waals surface area contributed by atoms with Gasteiger partial charge < -0.3 is 30.3 Å². The number of carbonyl (C=O) groups excluding carboxylic acids is 3. The summed E-state index contributed by atoms with van der Waals surface area (Å²) in [5.41, 5.74) is 1.19. The van der Waals surface area contributed by atoms with Crippen molar-refractivity contribution in [2.75, 3.05) is 24.5 Å². The molecule has 2 aromatic carbocycles. The highest BCUT2D eigenvalue weighted by molar-refractivity contribution is 6.31. The Hall–Kier alpha value is -5.26. The van der Waals surface area contributed by atoms with Crippen molar-refractivity contribution in [2.45, 2.75) is 114 Å². The van der Waals surface area contributed by atoms with Gasteiger partial charge in [-0.2, -0.15) is 5.26 Å². The molecule has 4 fully saturated rings. The normalized spacial score (nSPS) is 23.5. The van der Waals surface area contributed by atoms with Crippen LogP contribution in [0.2, 0.25) is 5.02 Å². The number of rotatable bonds is 13. The summed E-state index contributed by atoms with van der Waals surface area (Å²) in [6, 6.07) is 11.4. The standard InChI is InChI=1S/C44H52ClFN8O5/c1-26(2)54(31-18-35(19-31)59-34-11-12-36(38(46)21-34)42(55)52-39-13-4-27(3)50-43(39)56)25-28-14-16-53(17-15-28)41-24-48-40(23-49-41)44(57)51-30-6-9-32(10-7-30)58-33-8-5-29(22-47)37(45)20-33/h5,8,11-12,20-21,23-24,26,28,30-32,35,39H,3-4,6-7,9-10,13-19,25H2,1-2H3,(H,50,56)(H,51,57)(H,52,55). The predicted molar refractivity (Wildman–Crippen MR) is 221 cm³/mol. The molecule has 0 spiro atoms. The summed E-state index contributed by atoms with van der Waals surface area (Å²) in [4.78, 5) is 51.8. The second-order valence-corrected chi connectivity index (χ2v) is 16.9. The van der Waals surface area contributed by atoms with Crippen LogP contribution in [-0.2, 0) is 4.79 Å². The van der Waals surface area contributed by atoms with E-state index in [1.54, 1.807) is 36.7 Å². The number of amides is 3. The lowest BCUT2D eigenvalue weighted by molar-refractivity contribution is -0.123. The highest BCUT2D eigenvalue weighted by atomic mass is 35.5. The first-order valence-corrected chi connectivity index (χ1v) is 21.1. The fourth-order valence-corrected chi connectivity index (χ4v) is 8.67. The number of nitrogens with one attached hydrogen (secondary N) is 3. The van der Waals surface area contributed by atoms with Crippen molar-refractivity contribution < 1.29 is 28.2 Å². The van der Waals surface area contributed by atoms with Crippen LogP contribution in [0.4, 0.5) is 10.2 Å². The second-order valence-electron chi connectivity index (χ2n) is 16.5. The molecular weight excluding hydrogens is 775 g/mol. The zero-order valence-corrected chi connectivity index (χ0v) is 34.3. The lowest BCUT2D eigenvalue weighted by Gasteiger charge is -2.46. The number of aromatic nitrogens is 2. The van der Waals surface area contributed by atoms with Gasteiger partial charge in [0.25, 0.3) is 11.8 Å². The third-order valence-electron chi connectivity index (χ3n) is 12.0. The van der Waals surface area contributed by atoms with Gasteiger partial charge >= 0.3 is 0 Å². The van der Waals surface area contributed by atoms with E-state index in [0.29, 0.717) is 64.3 Å². The van der Waals surface area contributed by atoms with E-state index < -0.39 is 17.8 Å². The Kier molecular flexibility index (Phi) is 13.3. The molecule has 1 atom stereocenters. The van der Waals surface area contributed by atoms with Gasteiger partial charge in [0, 0.05) is 68.4 Å².